The molecular weight excluding hydrogens is 979 g/mol. The third-order valence-corrected chi connectivity index (χ3v) is 16.7. The Morgan fingerprint density at radius 3 is 1.36 bits per heavy atom. The molecule has 0 N–H and O–H groups in total. The molecule has 4 aliphatic heterocycles. The highest BCUT2D eigenvalue weighted by molar-refractivity contribution is 7.10. The molecule has 0 aliphatic carbocycles. The van der Waals surface area contributed by atoms with Crippen molar-refractivity contribution in [2.45, 2.75) is 127 Å². The van der Waals surface area contributed by atoms with Crippen LogP contribution in [0.3, 0.4) is 0 Å². The number of nitrogens with zero attached hydrogens (tertiary/aromatic N) is 10. The quantitative estimate of drug-likeness (QED) is 0.0980. The van der Waals surface area contributed by atoms with Crippen LogP contribution in [0, 0.1) is 13.8 Å². The maximum atomic E-state index is 15.5. The van der Waals surface area contributed by atoms with Gasteiger partial charge in [-0.1, -0.05) is 71.0 Å². The number of piperidine rings is 2. The smallest absolute Gasteiger partial charge is 0.384 e. The molecule has 0 saturated carbocycles. The normalized spacial score (nSPS) is 22.6. The molecule has 2 aromatic carbocycles. The van der Waals surface area contributed by atoms with Gasteiger partial charge in [0.15, 0.2) is 28.4 Å². The summed E-state index contributed by atoms with van der Waals surface area (Å²) in [5.74, 6) is -0.246. The van der Waals surface area contributed by atoms with Gasteiger partial charge in [0.1, 0.15) is 11.4 Å². The molecule has 0 radical (unpaired) electrons. The molecule has 21 heteroatoms. The number of hydrogen-bond acceptors (Lipinski definition) is 13. The zero-order valence-electron chi connectivity index (χ0n) is 40.2. The average molecular weight is 1030 g/mol. The third kappa shape index (κ3) is 10.3. The van der Waals surface area contributed by atoms with Gasteiger partial charge in [-0.05, 0) is 103 Å². The molecule has 0 spiro atoms. The molecule has 2 unspecified atom stereocenters. The van der Waals surface area contributed by atoms with Crippen LogP contribution in [0.2, 0.25) is 0 Å². The molecule has 8 heterocycles. The molecule has 4 aliphatic rings. The Balaban J connectivity index is 0.881. The van der Waals surface area contributed by atoms with Crippen LogP contribution in [0.15, 0.2) is 93.9 Å². The predicted molar refractivity (Wildman–Crippen MR) is 260 cm³/mol. The SMILES string of the molecule is Cc1cc(C(F)(F)F)nn1CC(C(=O)C(Cn1nc(C(F)(F)F)cc1C)N1CCC(c2nc(C3=NO[C@@](C)(c4ccccc4)C3)cs2)CC1)N1CCC(c2nc(C3=NO[C@@](C)(c4ccccc4)C3)cs2)CC1. The van der Waals surface area contributed by atoms with E-state index < -0.39 is 47.0 Å². The van der Waals surface area contributed by atoms with E-state index in [-0.39, 0.29) is 42.1 Å². The van der Waals surface area contributed by atoms with Crippen molar-refractivity contribution in [2.75, 3.05) is 26.2 Å². The van der Waals surface area contributed by atoms with E-state index in [1.807, 2.05) is 95.1 Å². The lowest BCUT2D eigenvalue weighted by Crippen LogP contribution is -2.57. The maximum Gasteiger partial charge on any atom is 0.435 e. The number of alkyl halides is 6. The minimum Gasteiger partial charge on any atom is -0.384 e. The number of benzene rings is 2. The number of carbonyl (C=O) groups excluding carboxylic acids is 1. The molecule has 380 valence electrons. The van der Waals surface area contributed by atoms with Crippen molar-refractivity contribution in [1.29, 1.82) is 0 Å². The lowest BCUT2D eigenvalue weighted by molar-refractivity contribution is -0.142. The van der Waals surface area contributed by atoms with E-state index in [4.69, 9.17) is 19.6 Å². The Labute approximate surface area is 420 Å². The average Bonchev–Trinajstić information content (AvgIpc) is 4.25. The van der Waals surface area contributed by atoms with Crippen molar-refractivity contribution < 1.29 is 40.8 Å². The van der Waals surface area contributed by atoms with E-state index in [0.717, 1.165) is 56.1 Å². The summed E-state index contributed by atoms with van der Waals surface area (Å²) in [6.45, 7) is 8.32. The molecule has 13 nitrogen and oxygen atoms in total. The first-order valence-corrected chi connectivity index (χ1v) is 25.9. The lowest BCUT2D eigenvalue weighted by Gasteiger charge is -2.41. The Bertz CT molecular complexity index is 2760. The van der Waals surface area contributed by atoms with Crippen LogP contribution < -0.4 is 0 Å². The van der Waals surface area contributed by atoms with Crippen molar-refractivity contribution >= 4 is 39.9 Å². The van der Waals surface area contributed by atoms with Gasteiger partial charge in [-0.15, -0.1) is 22.7 Å². The monoisotopic (exact) mass is 1030 g/mol. The second-order valence-corrected chi connectivity index (χ2v) is 21.5. The first-order chi connectivity index (χ1) is 34.3. The highest BCUT2D eigenvalue weighted by atomic mass is 32.1. The standard InChI is InChI=1S/C51H54F6N10O3S2/c1-31-23-43(50(52,53)54)60-66(31)27-41(64-19-15-33(16-20-64)46-58-39(29-71-46)37-25-48(3,69-62-37)35-11-7-5-8-12-35)45(68)42(28-67-32(2)24-44(61-67)51(55,56)57)65-21-17-34(18-22-65)47-59-40(30-72-47)38-26-49(4,70-63-38)36-13-9-6-10-14-36/h5-14,23-24,29-30,33-34,41-42H,15-22,25-28H2,1-4H3/t41?,42?,48-,49-/m1/s1. The Kier molecular flexibility index (Phi) is 13.5. The highest BCUT2D eigenvalue weighted by Crippen LogP contribution is 2.40. The molecule has 0 amide bonds. The number of carbonyl (C=O) groups is 1. The number of rotatable bonds is 14. The molecular formula is C51H54F6N10O3S2. The molecule has 4 atom stereocenters. The number of halogens is 6. The number of Topliss-reactive ketones (excluding diaryl/α,β-unsaturated/α-hetero) is 1. The molecule has 0 bridgehead atoms. The summed E-state index contributed by atoms with van der Waals surface area (Å²) in [5, 5.41) is 22.5. The van der Waals surface area contributed by atoms with Crippen molar-refractivity contribution in [1.82, 2.24) is 39.3 Å². The summed E-state index contributed by atoms with van der Waals surface area (Å²) in [4.78, 5) is 41.4. The summed E-state index contributed by atoms with van der Waals surface area (Å²) >= 11 is 3.07. The largest absolute Gasteiger partial charge is 0.435 e. The first kappa shape index (κ1) is 49.8. The fourth-order valence-corrected chi connectivity index (χ4v) is 12.4. The van der Waals surface area contributed by atoms with Crippen LogP contribution in [0.25, 0.3) is 0 Å². The molecule has 2 fully saturated rings. The van der Waals surface area contributed by atoms with Gasteiger partial charge in [0, 0.05) is 46.8 Å². The van der Waals surface area contributed by atoms with Gasteiger partial charge in [0.05, 0.1) is 46.6 Å². The predicted octanol–water partition coefficient (Wildman–Crippen LogP) is 10.5. The number of aryl methyl sites for hydroxylation is 2. The van der Waals surface area contributed by atoms with Gasteiger partial charge in [-0.25, -0.2) is 9.97 Å². The molecule has 2 saturated heterocycles. The summed E-state index contributed by atoms with van der Waals surface area (Å²) in [6.07, 6.45) is -5.90. The minimum atomic E-state index is -4.71. The van der Waals surface area contributed by atoms with E-state index in [0.29, 0.717) is 64.7 Å². The molecule has 4 aromatic heterocycles. The highest BCUT2D eigenvalue weighted by Gasteiger charge is 2.43. The van der Waals surface area contributed by atoms with Gasteiger partial charge in [0.2, 0.25) is 0 Å². The molecule has 72 heavy (non-hydrogen) atoms. The van der Waals surface area contributed by atoms with Crippen LogP contribution in [0.1, 0.15) is 120 Å². The maximum absolute atomic E-state index is 15.5. The van der Waals surface area contributed by atoms with Crippen molar-refractivity contribution in [3.05, 3.63) is 139 Å². The van der Waals surface area contributed by atoms with Gasteiger partial charge >= 0.3 is 12.4 Å². The lowest BCUT2D eigenvalue weighted by atomic mass is 9.90. The molecule has 10 rings (SSSR count). The zero-order chi connectivity index (χ0) is 50.6. The zero-order valence-corrected chi connectivity index (χ0v) is 41.8. The number of likely N-dealkylation sites (tertiary alicyclic amines) is 2. The fraction of sp³-hybridized carbons (Fsp3) is 0.471. The van der Waals surface area contributed by atoms with Gasteiger partial charge in [-0.3, -0.25) is 24.0 Å². The Morgan fingerprint density at radius 1 is 0.639 bits per heavy atom. The number of ketones is 1. The van der Waals surface area contributed by atoms with Crippen LogP contribution in [0.5, 0.6) is 0 Å². The number of oxime groups is 2. The third-order valence-electron chi connectivity index (χ3n) is 14.7. The first-order valence-electron chi connectivity index (χ1n) is 24.1. The van der Waals surface area contributed by atoms with Crippen LogP contribution in [-0.2, 0) is 51.1 Å². The van der Waals surface area contributed by atoms with Crippen molar-refractivity contribution in [3.8, 4) is 0 Å². The van der Waals surface area contributed by atoms with Crippen molar-refractivity contribution in [3.63, 3.8) is 0 Å². The van der Waals surface area contributed by atoms with E-state index in [1.54, 1.807) is 0 Å². The summed E-state index contributed by atoms with van der Waals surface area (Å²) in [6, 6.07) is 19.8. The number of thiazole rings is 2. The Morgan fingerprint density at radius 2 is 1.01 bits per heavy atom. The van der Waals surface area contributed by atoms with E-state index in [2.05, 4.69) is 20.5 Å². The van der Waals surface area contributed by atoms with E-state index in [9.17, 15) is 26.3 Å². The fourth-order valence-electron chi connectivity index (χ4n) is 10.4. The summed E-state index contributed by atoms with van der Waals surface area (Å²) in [5.41, 5.74) is 2.09. The van der Waals surface area contributed by atoms with Crippen LogP contribution in [0.4, 0.5) is 26.3 Å². The van der Waals surface area contributed by atoms with Crippen LogP contribution in [-0.4, -0.2) is 94.8 Å². The Hall–Kier alpha value is -5.77. The van der Waals surface area contributed by atoms with Crippen LogP contribution >= 0.6 is 22.7 Å². The summed E-state index contributed by atoms with van der Waals surface area (Å²) < 4.78 is 86.7. The van der Waals surface area contributed by atoms with E-state index >= 15 is 4.79 Å². The van der Waals surface area contributed by atoms with Gasteiger partial charge in [-0.2, -0.15) is 36.5 Å². The molecule has 6 aromatic rings. The second-order valence-electron chi connectivity index (χ2n) is 19.7. The van der Waals surface area contributed by atoms with Gasteiger partial charge in [0.25, 0.3) is 0 Å². The topological polar surface area (TPSA) is 128 Å². The number of aromatic nitrogens is 6. The van der Waals surface area contributed by atoms with Crippen molar-refractivity contribution in [2.24, 2.45) is 10.3 Å². The number of hydrogen-bond donors (Lipinski definition) is 0. The van der Waals surface area contributed by atoms with E-state index in [1.165, 1.54) is 45.9 Å². The second kappa shape index (κ2) is 19.6. The van der Waals surface area contributed by atoms with Gasteiger partial charge < -0.3 is 9.68 Å². The minimum absolute atomic E-state index is 0.0396. The summed E-state index contributed by atoms with van der Waals surface area (Å²) in [7, 11) is 0.